The number of rotatable bonds is 2. The summed E-state index contributed by atoms with van der Waals surface area (Å²) in [5, 5.41) is 0.643. The van der Waals surface area contributed by atoms with Crippen molar-refractivity contribution in [3.63, 3.8) is 0 Å². The highest BCUT2D eigenvalue weighted by Gasteiger charge is 2.26. The second-order valence-corrected chi connectivity index (χ2v) is 5.24. The van der Waals surface area contributed by atoms with E-state index in [0.29, 0.717) is 22.4 Å². The summed E-state index contributed by atoms with van der Waals surface area (Å²) in [5.41, 5.74) is 1.65. The Morgan fingerprint density at radius 1 is 1.53 bits per heavy atom. The van der Waals surface area contributed by atoms with E-state index in [1.54, 1.807) is 6.07 Å². The molecular weight excluding hydrogens is 257 g/mol. The molecule has 0 N–H and O–H groups in total. The van der Waals surface area contributed by atoms with Crippen molar-refractivity contribution in [2.24, 2.45) is 5.92 Å². The molecule has 1 atom stereocenters. The highest BCUT2D eigenvalue weighted by atomic mass is 35.5. The van der Waals surface area contributed by atoms with Gasteiger partial charge in [0.2, 0.25) is 0 Å². The zero-order valence-corrected chi connectivity index (χ0v) is 11.3. The van der Waals surface area contributed by atoms with Gasteiger partial charge in [-0.25, -0.2) is 0 Å². The largest absolute Gasteiger partial charge is 0.338 e. The van der Waals surface area contributed by atoms with Gasteiger partial charge in [0.1, 0.15) is 0 Å². The molecule has 4 heteroatoms. The van der Waals surface area contributed by atoms with E-state index >= 15 is 0 Å². The molecule has 0 aliphatic carbocycles. The maximum Gasteiger partial charge on any atom is 0.253 e. The molecule has 1 saturated heterocycles. The molecule has 1 unspecified atom stereocenters. The van der Waals surface area contributed by atoms with Crippen LogP contribution in [0.2, 0.25) is 5.02 Å². The lowest BCUT2D eigenvalue weighted by Gasteiger charge is -2.16. The van der Waals surface area contributed by atoms with E-state index in [1.165, 1.54) is 0 Å². The van der Waals surface area contributed by atoms with Gasteiger partial charge in [-0.1, -0.05) is 17.7 Å². The van der Waals surface area contributed by atoms with Crippen LogP contribution in [-0.4, -0.2) is 29.8 Å². The summed E-state index contributed by atoms with van der Waals surface area (Å²) >= 11 is 11.8. The number of carbonyl (C=O) groups is 1. The fraction of sp³-hybridized carbons (Fsp3) is 0.462. The molecule has 0 aromatic heterocycles. The van der Waals surface area contributed by atoms with E-state index in [9.17, 15) is 4.79 Å². The summed E-state index contributed by atoms with van der Waals surface area (Å²) < 4.78 is 0. The first-order valence-corrected chi connectivity index (χ1v) is 6.64. The minimum atomic E-state index is 0.0551. The molecule has 0 spiro atoms. The number of aryl methyl sites for hydroxylation is 1. The van der Waals surface area contributed by atoms with Crippen LogP contribution in [0.25, 0.3) is 0 Å². The molecule has 1 aliphatic rings. The summed E-state index contributed by atoms with van der Waals surface area (Å²) in [6, 6.07) is 5.45. The lowest BCUT2D eigenvalue weighted by atomic mass is 10.1. The van der Waals surface area contributed by atoms with Crippen LogP contribution < -0.4 is 0 Å². The second-order valence-electron chi connectivity index (χ2n) is 4.52. The van der Waals surface area contributed by atoms with Crippen LogP contribution >= 0.6 is 23.2 Å². The van der Waals surface area contributed by atoms with E-state index in [4.69, 9.17) is 23.2 Å². The van der Waals surface area contributed by atoms with Crippen LogP contribution in [0.5, 0.6) is 0 Å². The van der Waals surface area contributed by atoms with Gasteiger partial charge in [0.15, 0.2) is 0 Å². The molecule has 2 rings (SSSR count). The zero-order chi connectivity index (χ0) is 12.4. The highest BCUT2D eigenvalue weighted by Crippen LogP contribution is 2.22. The molecule has 1 fully saturated rings. The number of alkyl halides is 1. The SMILES string of the molecule is Cc1ccc(C(=O)N2CCC(CCl)C2)cc1Cl. The number of carbonyl (C=O) groups excluding carboxylic acids is 1. The summed E-state index contributed by atoms with van der Waals surface area (Å²) in [6.07, 6.45) is 0.995. The van der Waals surface area contributed by atoms with Crippen molar-refractivity contribution < 1.29 is 4.79 Å². The molecule has 0 bridgehead atoms. The van der Waals surface area contributed by atoms with E-state index in [1.807, 2.05) is 24.0 Å². The van der Waals surface area contributed by atoms with E-state index < -0.39 is 0 Å². The van der Waals surface area contributed by atoms with Gasteiger partial charge in [0.25, 0.3) is 5.91 Å². The van der Waals surface area contributed by atoms with Gasteiger partial charge in [-0.05, 0) is 37.0 Å². The molecule has 1 aromatic carbocycles. The Kier molecular flexibility index (Phi) is 3.95. The molecule has 2 nitrogen and oxygen atoms in total. The van der Waals surface area contributed by atoms with Crippen molar-refractivity contribution in [1.29, 1.82) is 0 Å². The molecule has 0 saturated carbocycles. The third-order valence-electron chi connectivity index (χ3n) is 3.21. The summed E-state index contributed by atoms with van der Waals surface area (Å²) in [7, 11) is 0. The van der Waals surface area contributed by atoms with Gasteiger partial charge in [0.05, 0.1) is 0 Å². The maximum atomic E-state index is 12.2. The predicted molar refractivity (Wildman–Crippen MR) is 70.9 cm³/mol. The van der Waals surface area contributed by atoms with Crippen LogP contribution in [0, 0.1) is 12.8 Å². The van der Waals surface area contributed by atoms with Gasteiger partial charge < -0.3 is 4.90 Å². The molecule has 17 heavy (non-hydrogen) atoms. The Bertz CT molecular complexity index is 433. The Labute approximate surface area is 112 Å². The molecule has 92 valence electrons. The van der Waals surface area contributed by atoms with Crippen molar-refractivity contribution in [1.82, 2.24) is 4.90 Å². The van der Waals surface area contributed by atoms with Crippen LogP contribution in [-0.2, 0) is 0 Å². The van der Waals surface area contributed by atoms with Gasteiger partial charge in [-0.3, -0.25) is 4.79 Å². The first-order chi connectivity index (χ1) is 8.11. The maximum absolute atomic E-state index is 12.2. The Morgan fingerprint density at radius 3 is 2.88 bits per heavy atom. The van der Waals surface area contributed by atoms with Gasteiger partial charge >= 0.3 is 0 Å². The topological polar surface area (TPSA) is 20.3 Å². The third-order valence-corrected chi connectivity index (χ3v) is 4.05. The first-order valence-electron chi connectivity index (χ1n) is 5.73. The number of hydrogen-bond acceptors (Lipinski definition) is 1. The van der Waals surface area contributed by atoms with Crippen LogP contribution in [0.1, 0.15) is 22.3 Å². The quantitative estimate of drug-likeness (QED) is 0.756. The van der Waals surface area contributed by atoms with E-state index in [-0.39, 0.29) is 5.91 Å². The monoisotopic (exact) mass is 271 g/mol. The normalized spacial score (nSPS) is 19.7. The van der Waals surface area contributed by atoms with Gasteiger partial charge in [0, 0.05) is 29.6 Å². The van der Waals surface area contributed by atoms with Crippen LogP contribution in [0.3, 0.4) is 0 Å². The minimum absolute atomic E-state index is 0.0551. The Hall–Kier alpha value is -0.730. The minimum Gasteiger partial charge on any atom is -0.338 e. The number of benzene rings is 1. The Morgan fingerprint density at radius 2 is 2.29 bits per heavy atom. The average Bonchev–Trinajstić information content (AvgIpc) is 2.80. The van der Waals surface area contributed by atoms with Crippen molar-refractivity contribution in [2.75, 3.05) is 19.0 Å². The van der Waals surface area contributed by atoms with E-state index in [0.717, 1.165) is 25.1 Å². The molecule has 1 amide bonds. The van der Waals surface area contributed by atoms with Crippen molar-refractivity contribution >= 4 is 29.1 Å². The summed E-state index contributed by atoms with van der Waals surface area (Å²) in [4.78, 5) is 14.1. The number of hydrogen-bond donors (Lipinski definition) is 0. The fourth-order valence-electron chi connectivity index (χ4n) is 2.05. The average molecular weight is 272 g/mol. The molecule has 1 heterocycles. The first kappa shape index (κ1) is 12.7. The third kappa shape index (κ3) is 2.75. The smallest absolute Gasteiger partial charge is 0.253 e. The molecular formula is C13H15Cl2NO. The number of amides is 1. The second kappa shape index (κ2) is 5.28. The zero-order valence-electron chi connectivity index (χ0n) is 9.75. The highest BCUT2D eigenvalue weighted by molar-refractivity contribution is 6.31. The van der Waals surface area contributed by atoms with Gasteiger partial charge in [-0.15, -0.1) is 11.6 Å². The summed E-state index contributed by atoms with van der Waals surface area (Å²) in [5.74, 6) is 1.11. The number of nitrogens with zero attached hydrogens (tertiary/aromatic N) is 1. The molecule has 1 aliphatic heterocycles. The van der Waals surface area contributed by atoms with Crippen molar-refractivity contribution in [3.8, 4) is 0 Å². The Balaban J connectivity index is 2.12. The predicted octanol–water partition coefficient (Wildman–Crippen LogP) is 3.35. The lowest BCUT2D eigenvalue weighted by molar-refractivity contribution is 0.0788. The van der Waals surface area contributed by atoms with Crippen LogP contribution in [0.15, 0.2) is 18.2 Å². The number of likely N-dealkylation sites (tertiary alicyclic amines) is 1. The fourth-order valence-corrected chi connectivity index (χ4v) is 2.48. The van der Waals surface area contributed by atoms with E-state index in [2.05, 4.69) is 0 Å². The van der Waals surface area contributed by atoms with Crippen molar-refractivity contribution in [2.45, 2.75) is 13.3 Å². The van der Waals surface area contributed by atoms with Crippen molar-refractivity contribution in [3.05, 3.63) is 34.3 Å². The molecule has 1 aromatic rings. The molecule has 0 radical (unpaired) electrons. The lowest BCUT2D eigenvalue weighted by Crippen LogP contribution is -2.28. The van der Waals surface area contributed by atoms with Gasteiger partial charge in [-0.2, -0.15) is 0 Å². The number of halogens is 2. The summed E-state index contributed by atoms with van der Waals surface area (Å²) in [6.45, 7) is 3.48. The standard InChI is InChI=1S/C13H15Cl2NO/c1-9-2-3-11(6-12(9)15)13(17)16-5-4-10(7-14)8-16/h2-3,6,10H,4-5,7-8H2,1H3. The van der Waals surface area contributed by atoms with Crippen LogP contribution in [0.4, 0.5) is 0 Å².